The number of carbonyl (C=O) groups excluding carboxylic acids is 4. The van der Waals surface area contributed by atoms with Gasteiger partial charge in [-0.1, -0.05) is 60.7 Å². The summed E-state index contributed by atoms with van der Waals surface area (Å²) < 4.78 is 59.5. The standard InChI is InChI=1S/C35H44O14/c1-20-28(42-17-25-13-9-7-10-14-25)30(43-18-26-15-11-8-12-16-26)32(34(40-6)44-20)49-35-33(47-24(5)39)31(46-23(4)38)29(45-22(3)37)27(48-35)19-41-21(2)36/h7-16,20,27-35H,17-19H2,1-6H3/t20-,27-,28-,29-,30+,31+,32?,33+,34+,35-/m0/s1. The summed E-state index contributed by atoms with van der Waals surface area (Å²) in [4.78, 5) is 48.7. The number of hydrogen-bond acceptors (Lipinski definition) is 14. The highest BCUT2D eigenvalue weighted by molar-refractivity contribution is 5.68. The third kappa shape index (κ3) is 10.8. The molecule has 4 rings (SSSR count). The number of benzene rings is 2. The maximum absolute atomic E-state index is 12.4. The molecule has 2 aliphatic rings. The van der Waals surface area contributed by atoms with Crippen molar-refractivity contribution in [3.63, 3.8) is 0 Å². The molecule has 0 N–H and O–H groups in total. The van der Waals surface area contributed by atoms with E-state index in [1.165, 1.54) is 14.0 Å². The van der Waals surface area contributed by atoms with Gasteiger partial charge in [-0.15, -0.1) is 0 Å². The zero-order valence-corrected chi connectivity index (χ0v) is 28.4. The first-order valence-corrected chi connectivity index (χ1v) is 15.9. The molecular weight excluding hydrogens is 644 g/mol. The minimum Gasteiger partial charge on any atom is -0.463 e. The van der Waals surface area contributed by atoms with Gasteiger partial charge in [-0.05, 0) is 18.1 Å². The molecule has 1 unspecified atom stereocenters. The highest BCUT2D eigenvalue weighted by Gasteiger charge is 2.56. The zero-order chi connectivity index (χ0) is 35.5. The molecule has 49 heavy (non-hydrogen) atoms. The highest BCUT2D eigenvalue weighted by atomic mass is 16.8. The van der Waals surface area contributed by atoms with Gasteiger partial charge in [0.1, 0.15) is 31.0 Å². The lowest BCUT2D eigenvalue weighted by molar-refractivity contribution is -0.369. The van der Waals surface area contributed by atoms with Crippen LogP contribution in [-0.4, -0.2) is 99.0 Å². The SMILES string of the molecule is CO[C@@H]1O[C@@H](C)[C@H](OCc2ccccc2)[C@@H](OCc2ccccc2)C1O[C@@H]1O[C@@H](COC(C)=O)[C@H](OC(C)=O)[C@@H](OC(C)=O)[C@H]1OC(C)=O. The van der Waals surface area contributed by atoms with Crippen LogP contribution < -0.4 is 0 Å². The van der Waals surface area contributed by atoms with Crippen molar-refractivity contribution in [1.29, 1.82) is 0 Å². The van der Waals surface area contributed by atoms with Crippen LogP contribution in [0.15, 0.2) is 60.7 Å². The van der Waals surface area contributed by atoms with Crippen molar-refractivity contribution < 1.29 is 66.5 Å². The maximum Gasteiger partial charge on any atom is 0.303 e. The predicted octanol–water partition coefficient (Wildman–Crippen LogP) is 3.02. The summed E-state index contributed by atoms with van der Waals surface area (Å²) in [6.45, 7) is 6.43. The van der Waals surface area contributed by atoms with Gasteiger partial charge in [0.05, 0.1) is 19.3 Å². The Morgan fingerprint density at radius 3 is 1.61 bits per heavy atom. The van der Waals surface area contributed by atoms with E-state index in [2.05, 4.69) is 0 Å². The second-order valence-corrected chi connectivity index (χ2v) is 11.6. The van der Waals surface area contributed by atoms with Gasteiger partial charge in [0.15, 0.2) is 30.9 Å². The molecule has 0 saturated carbocycles. The Kier molecular flexibility index (Phi) is 14.1. The van der Waals surface area contributed by atoms with Crippen molar-refractivity contribution in [1.82, 2.24) is 0 Å². The van der Waals surface area contributed by atoms with Crippen LogP contribution >= 0.6 is 0 Å². The molecule has 2 aromatic carbocycles. The largest absolute Gasteiger partial charge is 0.463 e. The van der Waals surface area contributed by atoms with Gasteiger partial charge in [-0.25, -0.2) is 0 Å². The Balaban J connectivity index is 1.73. The topological polar surface area (TPSA) is 161 Å². The van der Waals surface area contributed by atoms with Crippen LogP contribution in [0.5, 0.6) is 0 Å². The predicted molar refractivity (Wildman–Crippen MR) is 168 cm³/mol. The first-order chi connectivity index (χ1) is 23.5. The molecule has 14 nitrogen and oxygen atoms in total. The van der Waals surface area contributed by atoms with Gasteiger partial charge >= 0.3 is 23.9 Å². The van der Waals surface area contributed by atoms with Crippen molar-refractivity contribution in [2.75, 3.05) is 13.7 Å². The summed E-state index contributed by atoms with van der Waals surface area (Å²) in [6, 6.07) is 19.1. The fraction of sp³-hybridized carbons (Fsp3) is 0.543. The summed E-state index contributed by atoms with van der Waals surface area (Å²) in [5.74, 6) is -2.93. The molecule has 10 atom stereocenters. The van der Waals surface area contributed by atoms with E-state index in [0.717, 1.165) is 31.9 Å². The van der Waals surface area contributed by atoms with E-state index in [4.69, 9.17) is 47.4 Å². The number of rotatable bonds is 14. The molecule has 2 fully saturated rings. The van der Waals surface area contributed by atoms with Gasteiger partial charge in [-0.3, -0.25) is 19.2 Å². The summed E-state index contributed by atoms with van der Waals surface area (Å²) >= 11 is 0. The fourth-order valence-electron chi connectivity index (χ4n) is 5.71. The van der Waals surface area contributed by atoms with Crippen LogP contribution in [-0.2, 0) is 79.8 Å². The lowest BCUT2D eigenvalue weighted by Crippen LogP contribution is -2.66. The molecule has 2 aliphatic heterocycles. The van der Waals surface area contributed by atoms with E-state index in [-0.39, 0.29) is 13.2 Å². The van der Waals surface area contributed by atoms with Gasteiger partial charge in [-0.2, -0.15) is 0 Å². The second kappa shape index (κ2) is 18.2. The lowest BCUT2D eigenvalue weighted by Gasteiger charge is -2.48. The van der Waals surface area contributed by atoms with Crippen LogP contribution in [0.25, 0.3) is 0 Å². The maximum atomic E-state index is 12.4. The molecular formula is C35H44O14. The molecule has 2 heterocycles. The Hall–Kier alpha value is -3.92. The molecule has 0 amide bonds. The fourth-order valence-corrected chi connectivity index (χ4v) is 5.71. The normalized spacial score (nSPS) is 29.8. The van der Waals surface area contributed by atoms with Gasteiger partial charge in [0, 0.05) is 34.8 Å². The second-order valence-electron chi connectivity index (χ2n) is 11.6. The van der Waals surface area contributed by atoms with Crippen molar-refractivity contribution >= 4 is 23.9 Å². The Morgan fingerprint density at radius 2 is 1.10 bits per heavy atom. The van der Waals surface area contributed by atoms with Crippen LogP contribution in [0.3, 0.4) is 0 Å². The first kappa shape index (κ1) is 37.9. The van der Waals surface area contributed by atoms with E-state index in [1.807, 2.05) is 67.6 Å². The zero-order valence-electron chi connectivity index (χ0n) is 28.4. The van der Waals surface area contributed by atoms with Crippen LogP contribution in [0.1, 0.15) is 45.7 Å². The van der Waals surface area contributed by atoms with E-state index in [1.54, 1.807) is 0 Å². The molecule has 2 aromatic rings. The minimum atomic E-state index is -1.50. The smallest absolute Gasteiger partial charge is 0.303 e. The summed E-state index contributed by atoms with van der Waals surface area (Å²) in [6.07, 6.45) is -11.2. The molecule has 2 saturated heterocycles. The van der Waals surface area contributed by atoms with E-state index < -0.39 is 91.9 Å². The Labute approximate surface area is 285 Å². The summed E-state index contributed by atoms with van der Waals surface area (Å²) in [5.41, 5.74) is 1.80. The quantitative estimate of drug-likeness (QED) is 0.210. The summed E-state index contributed by atoms with van der Waals surface area (Å²) in [7, 11) is 1.43. The first-order valence-electron chi connectivity index (χ1n) is 15.9. The van der Waals surface area contributed by atoms with Crippen LogP contribution in [0.4, 0.5) is 0 Å². The summed E-state index contributed by atoms with van der Waals surface area (Å²) in [5, 5.41) is 0. The number of carbonyl (C=O) groups is 4. The van der Waals surface area contributed by atoms with Crippen molar-refractivity contribution in [2.45, 2.75) is 109 Å². The molecule has 0 radical (unpaired) electrons. The van der Waals surface area contributed by atoms with Crippen molar-refractivity contribution in [3.05, 3.63) is 71.8 Å². The lowest BCUT2D eigenvalue weighted by atomic mass is 9.96. The third-order valence-electron chi connectivity index (χ3n) is 7.77. The van der Waals surface area contributed by atoms with E-state index >= 15 is 0 Å². The minimum absolute atomic E-state index is 0.165. The molecule has 0 aliphatic carbocycles. The highest BCUT2D eigenvalue weighted by Crippen LogP contribution is 2.35. The molecule has 0 aromatic heterocycles. The third-order valence-corrected chi connectivity index (χ3v) is 7.77. The van der Waals surface area contributed by atoms with Crippen molar-refractivity contribution in [3.8, 4) is 0 Å². The average molecular weight is 689 g/mol. The van der Waals surface area contributed by atoms with Crippen LogP contribution in [0.2, 0.25) is 0 Å². The Bertz CT molecular complexity index is 1370. The Morgan fingerprint density at radius 1 is 0.592 bits per heavy atom. The molecule has 268 valence electrons. The van der Waals surface area contributed by atoms with Gasteiger partial charge < -0.3 is 47.4 Å². The number of esters is 4. The number of methoxy groups -OCH3 is 1. The van der Waals surface area contributed by atoms with Gasteiger partial charge in [0.25, 0.3) is 0 Å². The molecule has 0 spiro atoms. The number of hydrogen-bond donors (Lipinski definition) is 0. The van der Waals surface area contributed by atoms with Crippen LogP contribution in [0, 0.1) is 0 Å². The van der Waals surface area contributed by atoms with Crippen molar-refractivity contribution in [2.24, 2.45) is 0 Å². The monoisotopic (exact) mass is 688 g/mol. The molecule has 0 bridgehead atoms. The number of ether oxygens (including phenoxy) is 10. The van der Waals surface area contributed by atoms with E-state index in [0.29, 0.717) is 0 Å². The van der Waals surface area contributed by atoms with Gasteiger partial charge in [0.2, 0.25) is 0 Å². The van der Waals surface area contributed by atoms with E-state index in [9.17, 15) is 19.2 Å². The average Bonchev–Trinajstić information content (AvgIpc) is 3.06. The molecule has 14 heteroatoms.